The fraction of sp³-hybridized carbons (Fsp3) is 0.500. The van der Waals surface area contributed by atoms with E-state index in [-0.39, 0.29) is 35.3 Å². The molecule has 122 valence electrons. The molecule has 0 saturated carbocycles. The fourth-order valence-electron chi connectivity index (χ4n) is 2.32. The largest absolute Gasteiger partial charge is 0.506 e. The maximum atomic E-state index is 12.0. The van der Waals surface area contributed by atoms with E-state index in [9.17, 15) is 18.3 Å². The Morgan fingerprint density at radius 1 is 1.32 bits per heavy atom. The average molecular weight is 347 g/mol. The van der Waals surface area contributed by atoms with E-state index in [1.165, 1.54) is 22.5 Å². The van der Waals surface area contributed by atoms with Crippen LogP contribution in [0.2, 0.25) is 5.02 Å². The van der Waals surface area contributed by atoms with Crippen LogP contribution in [0.25, 0.3) is 0 Å². The number of amides is 1. The molecule has 1 aliphatic rings. The molecule has 0 aliphatic carbocycles. The third-order valence-corrected chi connectivity index (χ3v) is 5.76. The molecule has 1 saturated heterocycles. The van der Waals surface area contributed by atoms with Crippen LogP contribution in [0.3, 0.4) is 0 Å². The lowest BCUT2D eigenvalue weighted by atomic mass is 10.2. The van der Waals surface area contributed by atoms with Gasteiger partial charge in [0.2, 0.25) is 15.9 Å². The van der Waals surface area contributed by atoms with Gasteiger partial charge in [0.05, 0.1) is 10.8 Å². The van der Waals surface area contributed by atoms with Crippen molar-refractivity contribution in [2.45, 2.75) is 25.7 Å². The predicted molar refractivity (Wildman–Crippen MR) is 85.6 cm³/mol. The first-order chi connectivity index (χ1) is 10.4. The molecule has 0 bridgehead atoms. The number of rotatable bonds is 6. The maximum absolute atomic E-state index is 12.0. The summed E-state index contributed by atoms with van der Waals surface area (Å²) in [5.41, 5.74) is 0.468. The molecule has 0 unspecified atom stereocenters. The van der Waals surface area contributed by atoms with E-state index in [4.69, 9.17) is 11.6 Å². The highest BCUT2D eigenvalue weighted by atomic mass is 35.5. The van der Waals surface area contributed by atoms with Crippen LogP contribution in [0.15, 0.2) is 18.2 Å². The number of halogens is 1. The summed E-state index contributed by atoms with van der Waals surface area (Å²) in [6.45, 7) is 1.17. The second-order valence-corrected chi connectivity index (χ2v) is 7.74. The van der Waals surface area contributed by atoms with Crippen molar-refractivity contribution in [2.75, 3.05) is 24.2 Å². The van der Waals surface area contributed by atoms with E-state index in [0.717, 1.165) is 12.8 Å². The van der Waals surface area contributed by atoms with Gasteiger partial charge in [-0.15, -0.1) is 0 Å². The van der Waals surface area contributed by atoms with Crippen LogP contribution in [0.4, 0.5) is 5.69 Å². The predicted octanol–water partition coefficient (Wildman–Crippen LogP) is 2.19. The molecule has 0 spiro atoms. The first-order valence-corrected chi connectivity index (χ1v) is 9.13. The highest BCUT2D eigenvalue weighted by molar-refractivity contribution is 7.89. The van der Waals surface area contributed by atoms with Gasteiger partial charge in [0, 0.05) is 25.2 Å². The van der Waals surface area contributed by atoms with Crippen LogP contribution >= 0.6 is 11.6 Å². The van der Waals surface area contributed by atoms with Crippen molar-refractivity contribution in [1.82, 2.24) is 4.31 Å². The Kier molecular flexibility index (Phi) is 5.66. The maximum Gasteiger partial charge on any atom is 0.224 e. The number of aromatic hydroxyl groups is 1. The summed E-state index contributed by atoms with van der Waals surface area (Å²) in [4.78, 5) is 11.8. The Morgan fingerprint density at radius 2 is 2.00 bits per heavy atom. The molecule has 1 aliphatic heterocycles. The summed E-state index contributed by atoms with van der Waals surface area (Å²) in [6.07, 6.45) is 2.20. The van der Waals surface area contributed by atoms with Gasteiger partial charge in [0.1, 0.15) is 5.75 Å². The van der Waals surface area contributed by atoms with Gasteiger partial charge in [-0.05, 0) is 37.5 Å². The molecule has 1 fully saturated rings. The molecule has 1 heterocycles. The van der Waals surface area contributed by atoms with Crippen molar-refractivity contribution in [3.05, 3.63) is 23.2 Å². The highest BCUT2D eigenvalue weighted by Gasteiger charge is 2.24. The number of hydrogen-bond acceptors (Lipinski definition) is 4. The first kappa shape index (κ1) is 17.1. The Hall–Kier alpha value is -1.31. The van der Waals surface area contributed by atoms with E-state index in [1.807, 2.05) is 0 Å². The third-order valence-electron chi connectivity index (χ3n) is 3.50. The lowest BCUT2D eigenvalue weighted by molar-refractivity contribution is -0.116. The van der Waals surface area contributed by atoms with E-state index in [0.29, 0.717) is 18.8 Å². The van der Waals surface area contributed by atoms with Crippen molar-refractivity contribution in [3.63, 3.8) is 0 Å². The van der Waals surface area contributed by atoms with Gasteiger partial charge in [0.15, 0.2) is 0 Å². The zero-order valence-electron chi connectivity index (χ0n) is 12.1. The third kappa shape index (κ3) is 4.59. The lowest BCUT2D eigenvalue weighted by Gasteiger charge is -2.15. The standard InChI is InChI=1S/C14H19ClN2O4S/c15-12-10-11(5-6-13(12)18)16-14(19)4-3-9-22(20,21)17-7-1-2-8-17/h5-6,10,18H,1-4,7-9H2,(H,16,19). The number of carbonyl (C=O) groups is 1. The number of carbonyl (C=O) groups excluding carboxylic acids is 1. The molecule has 0 aromatic heterocycles. The van der Waals surface area contributed by atoms with Gasteiger partial charge in [-0.25, -0.2) is 12.7 Å². The summed E-state index contributed by atoms with van der Waals surface area (Å²) in [5, 5.41) is 12.1. The van der Waals surface area contributed by atoms with Crippen LogP contribution in [-0.4, -0.2) is 42.6 Å². The molecule has 1 aromatic carbocycles. The molecular formula is C14H19ClN2O4S. The molecule has 1 aromatic rings. The van der Waals surface area contributed by atoms with Crippen LogP contribution in [-0.2, 0) is 14.8 Å². The molecule has 8 heteroatoms. The summed E-state index contributed by atoms with van der Waals surface area (Å²) in [7, 11) is -3.24. The van der Waals surface area contributed by atoms with E-state index < -0.39 is 10.0 Å². The van der Waals surface area contributed by atoms with Crippen LogP contribution < -0.4 is 5.32 Å². The molecular weight excluding hydrogens is 328 g/mol. The minimum absolute atomic E-state index is 0.0171. The highest BCUT2D eigenvalue weighted by Crippen LogP contribution is 2.26. The fourth-order valence-corrected chi connectivity index (χ4v) is 4.08. The summed E-state index contributed by atoms with van der Waals surface area (Å²) < 4.78 is 25.5. The van der Waals surface area contributed by atoms with Crippen molar-refractivity contribution >= 4 is 33.2 Å². The lowest BCUT2D eigenvalue weighted by Crippen LogP contribution is -2.30. The summed E-state index contributed by atoms with van der Waals surface area (Å²) in [5.74, 6) is -0.355. The molecule has 6 nitrogen and oxygen atoms in total. The normalized spacial score (nSPS) is 15.9. The van der Waals surface area contributed by atoms with Crippen molar-refractivity contribution in [2.24, 2.45) is 0 Å². The minimum Gasteiger partial charge on any atom is -0.506 e. The Bertz CT molecular complexity index is 642. The second-order valence-electron chi connectivity index (χ2n) is 5.24. The number of nitrogens with one attached hydrogen (secondary N) is 1. The summed E-state index contributed by atoms with van der Waals surface area (Å²) in [6, 6.07) is 4.35. The number of nitrogens with zero attached hydrogens (tertiary/aromatic N) is 1. The molecule has 0 radical (unpaired) electrons. The van der Waals surface area contributed by atoms with Gasteiger partial charge >= 0.3 is 0 Å². The SMILES string of the molecule is O=C(CCCS(=O)(=O)N1CCCC1)Nc1ccc(O)c(Cl)c1. The monoisotopic (exact) mass is 346 g/mol. The smallest absolute Gasteiger partial charge is 0.224 e. The molecule has 2 rings (SSSR count). The van der Waals surface area contributed by atoms with Crippen LogP contribution in [0, 0.1) is 0 Å². The van der Waals surface area contributed by atoms with E-state index in [1.54, 1.807) is 0 Å². The number of sulfonamides is 1. The number of phenolic OH excluding ortho intramolecular Hbond substituents is 1. The average Bonchev–Trinajstić information content (AvgIpc) is 2.97. The number of anilines is 1. The van der Waals surface area contributed by atoms with Crippen LogP contribution in [0.5, 0.6) is 5.75 Å². The minimum atomic E-state index is -3.24. The van der Waals surface area contributed by atoms with Gasteiger partial charge in [-0.2, -0.15) is 0 Å². The van der Waals surface area contributed by atoms with E-state index in [2.05, 4.69) is 5.32 Å². The Labute approximate surface area is 135 Å². The van der Waals surface area contributed by atoms with Gasteiger partial charge in [-0.3, -0.25) is 4.79 Å². The van der Waals surface area contributed by atoms with Crippen molar-refractivity contribution < 1.29 is 18.3 Å². The summed E-state index contributed by atoms with van der Waals surface area (Å²) >= 11 is 5.75. The van der Waals surface area contributed by atoms with Crippen molar-refractivity contribution in [1.29, 1.82) is 0 Å². The van der Waals surface area contributed by atoms with Gasteiger partial charge in [-0.1, -0.05) is 11.6 Å². The second kappa shape index (κ2) is 7.30. The van der Waals surface area contributed by atoms with Crippen LogP contribution in [0.1, 0.15) is 25.7 Å². The quantitative estimate of drug-likeness (QED) is 0.773. The topological polar surface area (TPSA) is 86.7 Å². The van der Waals surface area contributed by atoms with Gasteiger partial charge in [0.25, 0.3) is 0 Å². The number of benzene rings is 1. The molecule has 1 amide bonds. The Morgan fingerprint density at radius 3 is 2.64 bits per heavy atom. The van der Waals surface area contributed by atoms with E-state index >= 15 is 0 Å². The first-order valence-electron chi connectivity index (χ1n) is 7.15. The molecule has 0 atom stereocenters. The zero-order chi connectivity index (χ0) is 16.2. The number of phenols is 1. The molecule has 22 heavy (non-hydrogen) atoms. The number of hydrogen-bond donors (Lipinski definition) is 2. The Balaban J connectivity index is 1.79. The van der Waals surface area contributed by atoms with Crippen molar-refractivity contribution in [3.8, 4) is 5.75 Å². The zero-order valence-corrected chi connectivity index (χ0v) is 13.7. The molecule has 2 N–H and O–H groups in total. The van der Waals surface area contributed by atoms with Gasteiger partial charge < -0.3 is 10.4 Å².